The number of likely N-dealkylation sites (tertiary alicyclic amines) is 1. The summed E-state index contributed by atoms with van der Waals surface area (Å²) in [4.78, 5) is 31.5. The van der Waals surface area contributed by atoms with Gasteiger partial charge in [0.05, 0.1) is 10.2 Å². The molecule has 126 valence electrons. The second-order valence-electron chi connectivity index (χ2n) is 6.90. The van der Waals surface area contributed by atoms with Crippen molar-refractivity contribution in [3.63, 3.8) is 0 Å². The van der Waals surface area contributed by atoms with Gasteiger partial charge in [0.2, 0.25) is 0 Å². The van der Waals surface area contributed by atoms with Crippen LogP contribution in [0.3, 0.4) is 0 Å². The van der Waals surface area contributed by atoms with Crippen molar-refractivity contribution in [2.24, 2.45) is 5.92 Å². The van der Waals surface area contributed by atoms with Crippen LogP contribution in [0, 0.1) is 5.92 Å². The van der Waals surface area contributed by atoms with Crippen molar-refractivity contribution in [3.05, 3.63) is 63.5 Å². The van der Waals surface area contributed by atoms with Crippen LogP contribution in [0.5, 0.6) is 0 Å². The standard InChI is InChI=1S/C19H17N3O2S/c23-17-7-3-5-15-13-8-12(10-22(15)17)9-21(11-13)19(24)18-20-14-4-1-2-6-16(14)25-18/h1-7,12-13H,8-11H2/t12-,13+/m0/s1. The molecular formula is C19H17N3O2S. The van der Waals surface area contributed by atoms with Crippen LogP contribution in [-0.4, -0.2) is 33.4 Å². The minimum Gasteiger partial charge on any atom is -0.336 e. The molecule has 4 heterocycles. The van der Waals surface area contributed by atoms with Crippen LogP contribution >= 0.6 is 11.3 Å². The van der Waals surface area contributed by atoms with E-state index in [0.29, 0.717) is 30.6 Å². The quantitative estimate of drug-likeness (QED) is 0.677. The number of pyridine rings is 1. The average molecular weight is 351 g/mol. The zero-order chi connectivity index (χ0) is 17.0. The van der Waals surface area contributed by atoms with E-state index in [9.17, 15) is 9.59 Å². The van der Waals surface area contributed by atoms with E-state index < -0.39 is 0 Å². The number of fused-ring (bicyclic) bond motifs is 5. The number of para-hydroxylation sites is 1. The Hall–Kier alpha value is -2.47. The van der Waals surface area contributed by atoms with Crippen molar-refractivity contribution in [3.8, 4) is 0 Å². The second-order valence-corrected chi connectivity index (χ2v) is 7.93. The van der Waals surface area contributed by atoms with Crippen LogP contribution < -0.4 is 5.56 Å². The van der Waals surface area contributed by atoms with Gasteiger partial charge in [-0.15, -0.1) is 11.3 Å². The van der Waals surface area contributed by atoms with Crippen molar-refractivity contribution in [1.29, 1.82) is 0 Å². The number of thiazole rings is 1. The Morgan fingerprint density at radius 1 is 1.08 bits per heavy atom. The fourth-order valence-corrected chi connectivity index (χ4v) is 5.09. The number of benzene rings is 1. The summed E-state index contributed by atoms with van der Waals surface area (Å²) < 4.78 is 2.93. The highest BCUT2D eigenvalue weighted by atomic mass is 32.1. The molecule has 5 rings (SSSR count). The number of nitrogens with zero attached hydrogens (tertiary/aromatic N) is 3. The fourth-order valence-electron chi connectivity index (χ4n) is 4.16. The maximum atomic E-state index is 13.0. The number of piperidine rings is 1. The summed E-state index contributed by atoms with van der Waals surface area (Å²) in [5, 5.41) is 0.562. The smallest absolute Gasteiger partial charge is 0.282 e. The molecule has 2 aliphatic heterocycles. The van der Waals surface area contributed by atoms with Crippen LogP contribution in [0.1, 0.15) is 27.8 Å². The van der Waals surface area contributed by atoms with Gasteiger partial charge in [0.25, 0.3) is 11.5 Å². The molecule has 6 heteroatoms. The van der Waals surface area contributed by atoms with Crippen LogP contribution in [0.25, 0.3) is 10.2 Å². The number of carbonyl (C=O) groups excluding carboxylic acids is 1. The molecule has 0 radical (unpaired) electrons. The van der Waals surface area contributed by atoms with E-state index in [1.807, 2.05) is 45.9 Å². The van der Waals surface area contributed by atoms with Crippen LogP contribution in [0.15, 0.2) is 47.3 Å². The zero-order valence-corrected chi connectivity index (χ0v) is 14.4. The van der Waals surface area contributed by atoms with E-state index in [4.69, 9.17) is 0 Å². The molecule has 5 nitrogen and oxygen atoms in total. The average Bonchev–Trinajstić information content (AvgIpc) is 3.06. The predicted molar refractivity (Wildman–Crippen MR) is 97.1 cm³/mol. The molecule has 25 heavy (non-hydrogen) atoms. The van der Waals surface area contributed by atoms with Crippen molar-refractivity contribution in [1.82, 2.24) is 14.5 Å². The lowest BCUT2D eigenvalue weighted by molar-refractivity contribution is 0.0594. The first-order chi connectivity index (χ1) is 12.2. The molecule has 0 unspecified atom stereocenters. The monoisotopic (exact) mass is 351 g/mol. The first kappa shape index (κ1) is 14.8. The SMILES string of the molecule is O=C(c1nc2ccccc2s1)N1C[C@@H]2C[C@H](C1)c1cccc(=O)n1C2. The zero-order valence-electron chi connectivity index (χ0n) is 13.6. The van der Waals surface area contributed by atoms with Crippen LogP contribution in [-0.2, 0) is 6.54 Å². The van der Waals surface area contributed by atoms with E-state index >= 15 is 0 Å². The maximum absolute atomic E-state index is 13.0. The van der Waals surface area contributed by atoms with Crippen molar-refractivity contribution in [2.45, 2.75) is 18.9 Å². The summed E-state index contributed by atoms with van der Waals surface area (Å²) in [6, 6.07) is 13.3. The number of carbonyl (C=O) groups is 1. The third-order valence-corrected chi connectivity index (χ3v) is 6.27. The lowest BCUT2D eigenvalue weighted by atomic mass is 9.83. The van der Waals surface area contributed by atoms with Gasteiger partial charge in [-0.25, -0.2) is 4.98 Å². The molecule has 1 saturated heterocycles. The number of aromatic nitrogens is 2. The summed E-state index contributed by atoms with van der Waals surface area (Å²) in [5.41, 5.74) is 2.01. The lowest BCUT2D eigenvalue weighted by Crippen LogP contribution is -2.49. The van der Waals surface area contributed by atoms with Gasteiger partial charge in [0.15, 0.2) is 5.01 Å². The van der Waals surface area contributed by atoms with E-state index in [1.165, 1.54) is 11.3 Å². The Balaban J connectivity index is 1.46. The molecule has 0 N–H and O–H groups in total. The molecule has 2 aromatic heterocycles. The lowest BCUT2D eigenvalue weighted by Gasteiger charge is -2.42. The largest absolute Gasteiger partial charge is 0.336 e. The third-order valence-electron chi connectivity index (χ3n) is 5.24. The van der Waals surface area contributed by atoms with Crippen molar-refractivity contribution >= 4 is 27.5 Å². The van der Waals surface area contributed by atoms with Crippen molar-refractivity contribution in [2.75, 3.05) is 13.1 Å². The molecule has 1 amide bonds. The summed E-state index contributed by atoms with van der Waals surface area (Å²) >= 11 is 1.46. The number of amides is 1. The molecule has 1 aromatic carbocycles. The summed E-state index contributed by atoms with van der Waals surface area (Å²) in [7, 11) is 0. The Bertz CT molecular complexity index is 1010. The molecule has 1 fully saturated rings. The summed E-state index contributed by atoms with van der Waals surface area (Å²) in [6.07, 6.45) is 1.05. The van der Waals surface area contributed by atoms with E-state index in [-0.39, 0.29) is 17.4 Å². The highest BCUT2D eigenvalue weighted by Gasteiger charge is 2.37. The van der Waals surface area contributed by atoms with Gasteiger partial charge in [-0.3, -0.25) is 9.59 Å². The molecule has 2 bridgehead atoms. The van der Waals surface area contributed by atoms with Gasteiger partial charge >= 0.3 is 0 Å². The van der Waals surface area contributed by atoms with Gasteiger partial charge in [-0.1, -0.05) is 18.2 Å². The first-order valence-electron chi connectivity index (χ1n) is 8.53. The summed E-state index contributed by atoms with van der Waals surface area (Å²) in [6.45, 7) is 2.07. The predicted octanol–water partition coefficient (Wildman–Crippen LogP) is 2.72. The highest BCUT2D eigenvalue weighted by Crippen LogP contribution is 2.36. The highest BCUT2D eigenvalue weighted by molar-refractivity contribution is 7.20. The number of rotatable bonds is 1. The molecule has 3 aromatic rings. The van der Waals surface area contributed by atoms with Gasteiger partial charge < -0.3 is 9.47 Å². The second kappa shape index (κ2) is 5.52. The fraction of sp³-hybridized carbons (Fsp3) is 0.316. The van der Waals surface area contributed by atoms with Crippen LogP contribution in [0.2, 0.25) is 0 Å². The van der Waals surface area contributed by atoms with E-state index in [1.54, 1.807) is 6.07 Å². The molecule has 0 aliphatic carbocycles. The third kappa shape index (κ3) is 2.40. The van der Waals surface area contributed by atoms with Gasteiger partial charge in [-0.2, -0.15) is 0 Å². The van der Waals surface area contributed by atoms with Gasteiger partial charge in [-0.05, 0) is 30.5 Å². The van der Waals surface area contributed by atoms with Crippen LogP contribution in [0.4, 0.5) is 0 Å². The van der Waals surface area contributed by atoms with Crippen molar-refractivity contribution < 1.29 is 4.79 Å². The first-order valence-corrected chi connectivity index (χ1v) is 9.35. The molecule has 0 saturated carbocycles. The normalized spacial score (nSPS) is 22.0. The Kier molecular flexibility index (Phi) is 3.28. The minimum atomic E-state index is 0.0163. The van der Waals surface area contributed by atoms with Gasteiger partial charge in [0, 0.05) is 37.3 Å². The van der Waals surface area contributed by atoms with E-state index in [0.717, 1.165) is 22.3 Å². The molecule has 2 aliphatic rings. The Morgan fingerprint density at radius 2 is 1.96 bits per heavy atom. The topological polar surface area (TPSA) is 55.2 Å². The molecule has 2 atom stereocenters. The Morgan fingerprint density at radius 3 is 2.84 bits per heavy atom. The molecule has 0 spiro atoms. The Labute approximate surface area is 148 Å². The molecular weight excluding hydrogens is 334 g/mol. The van der Waals surface area contributed by atoms with Gasteiger partial charge in [0.1, 0.15) is 0 Å². The number of hydrogen-bond donors (Lipinski definition) is 0. The van der Waals surface area contributed by atoms with E-state index in [2.05, 4.69) is 4.98 Å². The summed E-state index contributed by atoms with van der Waals surface area (Å²) in [5.74, 6) is 0.590. The minimum absolute atomic E-state index is 0.0163. The number of hydrogen-bond acceptors (Lipinski definition) is 4. The maximum Gasteiger partial charge on any atom is 0.282 e.